The third-order valence-corrected chi connectivity index (χ3v) is 4.32. The van der Waals surface area contributed by atoms with E-state index in [1.165, 1.54) is 77.8 Å². The van der Waals surface area contributed by atoms with Crippen molar-refractivity contribution in [2.75, 3.05) is 46.3 Å². The van der Waals surface area contributed by atoms with Gasteiger partial charge in [-0.15, -0.1) is 0 Å². The van der Waals surface area contributed by atoms with Gasteiger partial charge in [-0.05, 0) is 52.4 Å². The van der Waals surface area contributed by atoms with Crippen LogP contribution in [0.4, 0.5) is 0 Å². The van der Waals surface area contributed by atoms with Crippen LogP contribution in [0.2, 0.25) is 0 Å². The molecule has 1 N–H and O–H groups in total. The van der Waals surface area contributed by atoms with Crippen molar-refractivity contribution in [2.45, 2.75) is 44.6 Å². The fourth-order valence-electron chi connectivity index (χ4n) is 3.25. The van der Waals surface area contributed by atoms with Gasteiger partial charge in [0.15, 0.2) is 0 Å². The van der Waals surface area contributed by atoms with Crippen LogP contribution in [0.3, 0.4) is 0 Å². The van der Waals surface area contributed by atoms with Crippen molar-refractivity contribution in [1.29, 1.82) is 0 Å². The van der Waals surface area contributed by atoms with Gasteiger partial charge in [-0.2, -0.15) is 0 Å². The summed E-state index contributed by atoms with van der Waals surface area (Å²) in [6.07, 6.45) is 8.42. The Morgan fingerprint density at radius 2 is 1.94 bits per heavy atom. The van der Waals surface area contributed by atoms with Crippen molar-refractivity contribution in [2.24, 2.45) is 0 Å². The summed E-state index contributed by atoms with van der Waals surface area (Å²) in [5, 5.41) is 3.22. The molecule has 2 fully saturated rings. The summed E-state index contributed by atoms with van der Waals surface area (Å²) in [6.45, 7) is 7.86. The molecule has 2 heterocycles. The van der Waals surface area contributed by atoms with E-state index in [9.17, 15) is 0 Å². The van der Waals surface area contributed by atoms with Crippen LogP contribution in [0.5, 0.6) is 0 Å². The van der Waals surface area contributed by atoms with E-state index in [-0.39, 0.29) is 0 Å². The second kappa shape index (κ2) is 7.34. The molecular weight excluding hydrogens is 210 g/mol. The van der Waals surface area contributed by atoms with Gasteiger partial charge >= 0.3 is 0 Å². The number of hydrogen-bond donors (Lipinski definition) is 1. The van der Waals surface area contributed by atoms with Gasteiger partial charge in [0.05, 0.1) is 0 Å². The van der Waals surface area contributed by atoms with Gasteiger partial charge in [0.2, 0.25) is 0 Å². The molecule has 0 saturated carbocycles. The molecule has 0 radical (unpaired) electrons. The van der Waals surface area contributed by atoms with Crippen LogP contribution in [0.25, 0.3) is 0 Å². The Morgan fingerprint density at radius 3 is 2.82 bits per heavy atom. The highest BCUT2D eigenvalue weighted by Gasteiger charge is 2.29. The number of rotatable bonds is 7. The third kappa shape index (κ3) is 4.23. The van der Waals surface area contributed by atoms with Gasteiger partial charge in [-0.3, -0.25) is 4.90 Å². The second-order valence-electron chi connectivity index (χ2n) is 5.65. The zero-order valence-electron chi connectivity index (χ0n) is 11.5. The number of nitrogens with one attached hydrogen (secondary N) is 1. The number of fused-ring (bicyclic) bond motifs is 1. The molecule has 1 unspecified atom stereocenters. The second-order valence-corrected chi connectivity index (χ2v) is 5.65. The Labute approximate surface area is 107 Å². The first-order chi connectivity index (χ1) is 8.40. The van der Waals surface area contributed by atoms with Gasteiger partial charge in [0.25, 0.3) is 0 Å². The van der Waals surface area contributed by atoms with Crippen molar-refractivity contribution in [3.8, 4) is 0 Å². The van der Waals surface area contributed by atoms with E-state index in [0.717, 1.165) is 6.04 Å². The first kappa shape index (κ1) is 13.3. The lowest BCUT2D eigenvalue weighted by atomic mass is 10.1. The molecule has 100 valence electrons. The topological polar surface area (TPSA) is 18.5 Å². The average molecular weight is 239 g/mol. The Morgan fingerprint density at radius 1 is 1.06 bits per heavy atom. The van der Waals surface area contributed by atoms with Crippen LogP contribution in [0, 0.1) is 0 Å². The molecule has 17 heavy (non-hydrogen) atoms. The summed E-state index contributed by atoms with van der Waals surface area (Å²) < 4.78 is 0. The Hall–Kier alpha value is -0.120. The van der Waals surface area contributed by atoms with Crippen molar-refractivity contribution >= 4 is 0 Å². The predicted molar refractivity (Wildman–Crippen MR) is 73.4 cm³/mol. The highest BCUT2D eigenvalue weighted by atomic mass is 15.3. The van der Waals surface area contributed by atoms with Gasteiger partial charge < -0.3 is 10.2 Å². The SMILES string of the molecule is CNCCCCCCN1CCN2CCCC2C1. The van der Waals surface area contributed by atoms with E-state index in [4.69, 9.17) is 0 Å². The maximum absolute atomic E-state index is 3.22. The van der Waals surface area contributed by atoms with Gasteiger partial charge in [-0.1, -0.05) is 12.8 Å². The highest BCUT2D eigenvalue weighted by Crippen LogP contribution is 2.21. The largest absolute Gasteiger partial charge is 0.320 e. The third-order valence-electron chi connectivity index (χ3n) is 4.32. The standard InChI is InChI=1S/C14H29N3/c1-15-8-4-2-3-5-9-16-11-12-17-10-6-7-14(17)13-16/h14-15H,2-13H2,1H3. The minimum atomic E-state index is 0.896. The van der Waals surface area contributed by atoms with Crippen molar-refractivity contribution in [3.05, 3.63) is 0 Å². The molecule has 3 nitrogen and oxygen atoms in total. The summed E-state index contributed by atoms with van der Waals surface area (Å²) in [5.41, 5.74) is 0. The van der Waals surface area contributed by atoms with E-state index in [2.05, 4.69) is 15.1 Å². The summed E-state index contributed by atoms with van der Waals surface area (Å²) in [5.74, 6) is 0. The fourth-order valence-corrected chi connectivity index (χ4v) is 3.25. The molecule has 2 rings (SSSR count). The lowest BCUT2D eigenvalue weighted by Gasteiger charge is -2.37. The molecule has 0 aliphatic carbocycles. The predicted octanol–water partition coefficient (Wildman–Crippen LogP) is 1.55. The average Bonchev–Trinajstić information content (AvgIpc) is 2.81. The van der Waals surface area contributed by atoms with Gasteiger partial charge in [0.1, 0.15) is 0 Å². The molecule has 3 heteroatoms. The molecule has 0 aromatic carbocycles. The lowest BCUT2D eigenvalue weighted by Crippen LogP contribution is -2.50. The van der Waals surface area contributed by atoms with E-state index in [1.807, 2.05) is 7.05 Å². The lowest BCUT2D eigenvalue weighted by molar-refractivity contribution is 0.103. The smallest absolute Gasteiger partial charge is 0.0224 e. The zero-order chi connectivity index (χ0) is 11.9. The van der Waals surface area contributed by atoms with Crippen LogP contribution < -0.4 is 5.32 Å². The molecule has 2 aliphatic heterocycles. The maximum atomic E-state index is 3.22. The fraction of sp³-hybridized carbons (Fsp3) is 1.00. The Balaban J connectivity index is 1.51. The first-order valence-corrected chi connectivity index (χ1v) is 7.51. The molecule has 2 saturated heterocycles. The van der Waals surface area contributed by atoms with Gasteiger partial charge in [0, 0.05) is 25.7 Å². The molecular formula is C14H29N3. The minimum absolute atomic E-state index is 0.896. The molecule has 0 bridgehead atoms. The summed E-state index contributed by atoms with van der Waals surface area (Å²) in [7, 11) is 2.04. The van der Waals surface area contributed by atoms with Crippen molar-refractivity contribution in [3.63, 3.8) is 0 Å². The molecule has 0 spiro atoms. The van der Waals surface area contributed by atoms with Crippen LogP contribution in [-0.4, -0.2) is 62.2 Å². The van der Waals surface area contributed by atoms with E-state index in [0.29, 0.717) is 0 Å². The van der Waals surface area contributed by atoms with E-state index in [1.54, 1.807) is 0 Å². The van der Waals surface area contributed by atoms with Crippen molar-refractivity contribution < 1.29 is 0 Å². The normalized spacial score (nSPS) is 26.3. The maximum Gasteiger partial charge on any atom is 0.0224 e. The van der Waals surface area contributed by atoms with E-state index >= 15 is 0 Å². The summed E-state index contributed by atoms with van der Waals surface area (Å²) in [6, 6.07) is 0.896. The van der Waals surface area contributed by atoms with Crippen LogP contribution in [0.15, 0.2) is 0 Å². The number of hydrogen-bond acceptors (Lipinski definition) is 3. The summed E-state index contributed by atoms with van der Waals surface area (Å²) in [4.78, 5) is 5.40. The Kier molecular flexibility index (Phi) is 5.75. The molecule has 2 aliphatic rings. The van der Waals surface area contributed by atoms with Crippen molar-refractivity contribution in [1.82, 2.24) is 15.1 Å². The number of unbranched alkanes of at least 4 members (excludes halogenated alkanes) is 3. The number of piperazine rings is 1. The van der Waals surface area contributed by atoms with E-state index < -0.39 is 0 Å². The monoisotopic (exact) mass is 239 g/mol. The van der Waals surface area contributed by atoms with Crippen LogP contribution >= 0.6 is 0 Å². The number of nitrogens with zero attached hydrogens (tertiary/aromatic N) is 2. The molecule has 0 amide bonds. The minimum Gasteiger partial charge on any atom is -0.320 e. The Bertz CT molecular complexity index is 208. The molecule has 1 atom stereocenters. The zero-order valence-corrected chi connectivity index (χ0v) is 11.5. The van der Waals surface area contributed by atoms with Crippen LogP contribution in [0.1, 0.15) is 38.5 Å². The molecule has 0 aromatic rings. The quantitative estimate of drug-likeness (QED) is 0.680. The van der Waals surface area contributed by atoms with Gasteiger partial charge in [-0.25, -0.2) is 0 Å². The first-order valence-electron chi connectivity index (χ1n) is 7.51. The molecule has 0 aromatic heterocycles. The summed E-state index contributed by atoms with van der Waals surface area (Å²) >= 11 is 0. The highest BCUT2D eigenvalue weighted by molar-refractivity contribution is 4.86. The van der Waals surface area contributed by atoms with Crippen LogP contribution in [-0.2, 0) is 0 Å².